The average molecular weight is 645 g/mol. The summed E-state index contributed by atoms with van der Waals surface area (Å²) in [6.07, 6.45) is 0. The summed E-state index contributed by atoms with van der Waals surface area (Å²) in [5.74, 6) is 1.50. The fourth-order valence-corrected chi connectivity index (χ4v) is 6.80. The van der Waals surface area contributed by atoms with Gasteiger partial charge in [-0.05, 0) is 150 Å². The van der Waals surface area contributed by atoms with Crippen LogP contribution in [0.1, 0.15) is 44.5 Å². The van der Waals surface area contributed by atoms with Crippen LogP contribution in [-0.4, -0.2) is 7.69 Å². The summed E-state index contributed by atoms with van der Waals surface area (Å²) < 4.78 is 12.1. The maximum absolute atomic E-state index is 6.05. The van der Waals surface area contributed by atoms with Gasteiger partial charge in [-0.1, -0.05) is 70.8 Å². The van der Waals surface area contributed by atoms with Gasteiger partial charge in [0.15, 0.2) is 0 Å². The molecule has 6 aromatic rings. The second kappa shape index (κ2) is 14.4. The van der Waals surface area contributed by atoms with Crippen LogP contribution in [0.25, 0.3) is 0 Å². The first-order valence-corrected chi connectivity index (χ1v) is 16.9. The molecule has 0 aliphatic heterocycles. The molecule has 0 N–H and O–H groups in total. The Bertz CT molecular complexity index is 1860. The minimum absolute atomic E-state index is 0.106. The smallest absolute Gasteiger partial charge is 0.529 e. The van der Waals surface area contributed by atoms with Gasteiger partial charge in [-0.15, -0.1) is 0 Å². The zero-order valence-corrected chi connectivity index (χ0v) is 30.0. The van der Waals surface area contributed by atoms with E-state index in [0.29, 0.717) is 0 Å². The summed E-state index contributed by atoms with van der Waals surface area (Å²) in [5, 5.41) is 0. The van der Waals surface area contributed by atoms with E-state index < -0.39 is 0 Å². The molecule has 0 aliphatic carbocycles. The SMILES string of the molecule is Cc1ccc(N(c2ccc(OBOc3ccc(N(c4ccc(C)cc4)c4c(C)cc(C)cc4C)cc3)cc2)c2c(C)cc(C)cc2C)cc1. The van der Waals surface area contributed by atoms with E-state index in [1.54, 1.807) is 0 Å². The predicted molar refractivity (Wildman–Crippen MR) is 209 cm³/mol. The fourth-order valence-electron chi connectivity index (χ4n) is 6.80. The third-order valence-corrected chi connectivity index (χ3v) is 8.94. The van der Waals surface area contributed by atoms with E-state index >= 15 is 0 Å². The number of nitrogens with zero attached hydrogens (tertiary/aromatic N) is 2. The standard InChI is InChI=1S/C44H45BN2O2/c1-29-9-13-37(14-10-29)46(43-33(5)25-31(3)26-34(43)6)39-17-21-41(22-18-39)48-45-49-42-23-19-40(20-24-42)47(38-15-11-30(2)12-16-38)44-35(7)27-32(4)28-36(44)8/h9-28,45H,1-8H3. The molecule has 6 aromatic carbocycles. The highest BCUT2D eigenvalue weighted by molar-refractivity contribution is 6.20. The second-order valence-electron chi connectivity index (χ2n) is 13.2. The van der Waals surface area contributed by atoms with Crippen LogP contribution in [0.4, 0.5) is 34.1 Å². The van der Waals surface area contributed by atoms with Gasteiger partial charge in [0.05, 0.1) is 11.4 Å². The Kier molecular flexibility index (Phi) is 9.82. The number of anilines is 6. The van der Waals surface area contributed by atoms with Crippen LogP contribution in [0.15, 0.2) is 121 Å². The highest BCUT2D eigenvalue weighted by atomic mass is 16.6. The van der Waals surface area contributed by atoms with Gasteiger partial charge in [-0.3, -0.25) is 0 Å². The lowest BCUT2D eigenvalue weighted by atomic mass is 10.0. The molecule has 0 saturated heterocycles. The van der Waals surface area contributed by atoms with Gasteiger partial charge in [0.1, 0.15) is 11.5 Å². The molecule has 0 amide bonds. The summed E-state index contributed by atoms with van der Waals surface area (Å²) in [5.41, 5.74) is 16.7. The van der Waals surface area contributed by atoms with Crippen molar-refractivity contribution in [1.82, 2.24) is 0 Å². The van der Waals surface area contributed by atoms with Crippen molar-refractivity contribution in [2.24, 2.45) is 0 Å². The van der Waals surface area contributed by atoms with E-state index in [9.17, 15) is 0 Å². The van der Waals surface area contributed by atoms with E-state index in [1.807, 2.05) is 24.3 Å². The van der Waals surface area contributed by atoms with Crippen molar-refractivity contribution >= 4 is 41.8 Å². The van der Waals surface area contributed by atoms with Crippen molar-refractivity contribution < 1.29 is 9.31 Å². The molecule has 5 heteroatoms. The molecular weight excluding hydrogens is 599 g/mol. The maximum atomic E-state index is 6.05. The van der Waals surface area contributed by atoms with Crippen LogP contribution in [0, 0.1) is 55.4 Å². The second-order valence-corrected chi connectivity index (χ2v) is 13.2. The lowest BCUT2D eigenvalue weighted by Crippen LogP contribution is -2.14. The lowest BCUT2D eigenvalue weighted by molar-refractivity contribution is 0.459. The molecule has 0 atom stereocenters. The molecule has 6 rings (SSSR count). The third-order valence-electron chi connectivity index (χ3n) is 8.94. The van der Waals surface area contributed by atoms with E-state index in [4.69, 9.17) is 9.31 Å². The van der Waals surface area contributed by atoms with Crippen LogP contribution in [0.2, 0.25) is 0 Å². The normalized spacial score (nSPS) is 10.9. The molecule has 0 bridgehead atoms. The van der Waals surface area contributed by atoms with Gasteiger partial charge in [0, 0.05) is 22.7 Å². The minimum Gasteiger partial charge on any atom is -0.529 e. The van der Waals surface area contributed by atoms with Crippen LogP contribution in [0.5, 0.6) is 11.5 Å². The number of hydrogen-bond acceptors (Lipinski definition) is 4. The van der Waals surface area contributed by atoms with Gasteiger partial charge in [0.25, 0.3) is 0 Å². The maximum Gasteiger partial charge on any atom is 0.576 e. The Hall–Kier alpha value is -5.42. The fraction of sp³-hybridized carbons (Fsp3) is 0.182. The van der Waals surface area contributed by atoms with Crippen LogP contribution < -0.4 is 19.1 Å². The van der Waals surface area contributed by atoms with Crippen molar-refractivity contribution in [3.63, 3.8) is 0 Å². The molecule has 49 heavy (non-hydrogen) atoms. The molecule has 0 aromatic heterocycles. The Morgan fingerprint density at radius 2 is 0.612 bits per heavy atom. The molecule has 4 nitrogen and oxygen atoms in total. The summed E-state index contributed by atoms with van der Waals surface area (Å²) in [6.45, 7) is 17.3. The molecule has 0 radical (unpaired) electrons. The predicted octanol–water partition coefficient (Wildman–Crippen LogP) is 11.8. The largest absolute Gasteiger partial charge is 0.576 e. The zero-order chi connectivity index (χ0) is 34.7. The molecule has 0 aliphatic rings. The molecular formula is C44H45BN2O2. The topological polar surface area (TPSA) is 24.9 Å². The highest BCUT2D eigenvalue weighted by Gasteiger charge is 2.19. The molecule has 0 unspecified atom stereocenters. The van der Waals surface area contributed by atoms with E-state index in [1.165, 1.54) is 55.9 Å². The number of aryl methyl sites for hydroxylation is 8. The first-order valence-electron chi connectivity index (χ1n) is 16.9. The van der Waals surface area contributed by atoms with E-state index in [-0.39, 0.29) is 7.69 Å². The molecule has 0 fully saturated rings. The summed E-state index contributed by atoms with van der Waals surface area (Å²) in [4.78, 5) is 4.65. The minimum atomic E-state index is 0.106. The van der Waals surface area contributed by atoms with Crippen LogP contribution >= 0.6 is 0 Å². The van der Waals surface area contributed by atoms with Gasteiger partial charge in [-0.2, -0.15) is 0 Å². The Balaban J connectivity index is 1.18. The van der Waals surface area contributed by atoms with E-state index in [2.05, 4.69) is 162 Å². The average Bonchev–Trinajstić information content (AvgIpc) is 3.06. The van der Waals surface area contributed by atoms with E-state index in [0.717, 1.165) is 34.2 Å². The summed E-state index contributed by atoms with van der Waals surface area (Å²) >= 11 is 0. The molecule has 0 saturated carbocycles. The van der Waals surface area contributed by atoms with Crippen molar-refractivity contribution in [2.75, 3.05) is 9.80 Å². The Labute approximate surface area is 292 Å². The van der Waals surface area contributed by atoms with Crippen molar-refractivity contribution in [3.05, 3.63) is 166 Å². The van der Waals surface area contributed by atoms with Gasteiger partial charge in [-0.25, -0.2) is 0 Å². The number of hydrogen-bond donors (Lipinski definition) is 0. The van der Waals surface area contributed by atoms with Crippen LogP contribution in [-0.2, 0) is 0 Å². The Morgan fingerprint density at radius 3 is 0.898 bits per heavy atom. The third kappa shape index (κ3) is 7.52. The number of rotatable bonds is 10. The van der Waals surface area contributed by atoms with Crippen molar-refractivity contribution in [2.45, 2.75) is 55.4 Å². The van der Waals surface area contributed by atoms with Crippen molar-refractivity contribution in [1.29, 1.82) is 0 Å². The molecule has 0 heterocycles. The quantitative estimate of drug-likeness (QED) is 0.139. The lowest BCUT2D eigenvalue weighted by Gasteiger charge is -2.29. The van der Waals surface area contributed by atoms with Crippen molar-refractivity contribution in [3.8, 4) is 11.5 Å². The Morgan fingerprint density at radius 1 is 0.347 bits per heavy atom. The molecule has 0 spiro atoms. The monoisotopic (exact) mass is 644 g/mol. The number of benzene rings is 6. The summed E-state index contributed by atoms with van der Waals surface area (Å²) in [7, 11) is 0.106. The summed E-state index contributed by atoms with van der Waals surface area (Å²) in [6, 6.07) is 42.8. The highest BCUT2D eigenvalue weighted by Crippen LogP contribution is 2.41. The molecule has 246 valence electrons. The first kappa shape index (κ1) is 33.5. The van der Waals surface area contributed by atoms with Gasteiger partial charge < -0.3 is 19.1 Å². The first-order chi connectivity index (χ1) is 23.6. The van der Waals surface area contributed by atoms with Crippen LogP contribution in [0.3, 0.4) is 0 Å². The van der Waals surface area contributed by atoms with Gasteiger partial charge in [0.2, 0.25) is 0 Å². The zero-order valence-electron chi connectivity index (χ0n) is 30.0. The van der Waals surface area contributed by atoms with Gasteiger partial charge >= 0.3 is 7.69 Å².